The Morgan fingerprint density at radius 3 is 2.03 bits per heavy atom. The number of benzene rings is 1. The van der Waals surface area contributed by atoms with Crippen LogP contribution in [0.4, 0.5) is 8.78 Å². The van der Waals surface area contributed by atoms with E-state index in [0.29, 0.717) is 18.4 Å². The lowest BCUT2D eigenvalue weighted by atomic mass is 9.91. The molecule has 3 nitrogen and oxygen atoms in total. The van der Waals surface area contributed by atoms with Crippen LogP contribution >= 0.6 is 0 Å². The maximum Gasteiger partial charge on any atom is 0.283 e. The molecule has 29 heavy (non-hydrogen) atoms. The average molecular weight is 415 g/mol. The Morgan fingerprint density at radius 2 is 1.48 bits per heavy atom. The lowest BCUT2D eigenvalue weighted by molar-refractivity contribution is -0.407. The number of halogens is 2. The first-order valence-electron chi connectivity index (χ1n) is 11.2. The normalized spacial score (nSPS) is 13.4. The van der Waals surface area contributed by atoms with Crippen LogP contribution in [0.5, 0.6) is 0 Å². The molecule has 1 N–H and O–H groups in total. The lowest BCUT2D eigenvalue weighted by Gasteiger charge is -2.38. The van der Waals surface area contributed by atoms with E-state index in [2.05, 4.69) is 6.92 Å². The average Bonchev–Trinajstić information content (AvgIpc) is 2.60. The Balaban J connectivity index is 2.86. The SMILES string of the molecule is CCCCCCCCC(CCc1ccc(F)cc1F)C(O)(OC(C)C)OC(C)C. The van der Waals surface area contributed by atoms with Gasteiger partial charge in [0.2, 0.25) is 0 Å². The predicted octanol–water partition coefficient (Wildman–Crippen LogP) is 6.76. The van der Waals surface area contributed by atoms with Gasteiger partial charge in [0.1, 0.15) is 11.6 Å². The molecule has 1 unspecified atom stereocenters. The summed E-state index contributed by atoms with van der Waals surface area (Å²) in [7, 11) is 0. The molecule has 0 aliphatic heterocycles. The summed E-state index contributed by atoms with van der Waals surface area (Å²) < 4.78 is 38.9. The van der Waals surface area contributed by atoms with Crippen molar-refractivity contribution in [2.45, 2.75) is 111 Å². The molecule has 0 fully saturated rings. The van der Waals surface area contributed by atoms with Crippen LogP contribution in [0.3, 0.4) is 0 Å². The molecular formula is C24H40F2O3. The van der Waals surface area contributed by atoms with Crippen molar-refractivity contribution in [1.29, 1.82) is 0 Å². The molecular weight excluding hydrogens is 374 g/mol. The van der Waals surface area contributed by atoms with E-state index < -0.39 is 17.6 Å². The zero-order valence-electron chi connectivity index (χ0n) is 18.8. The molecule has 0 aliphatic carbocycles. The second-order valence-electron chi connectivity index (χ2n) is 8.49. The number of hydrogen-bond acceptors (Lipinski definition) is 3. The molecule has 0 amide bonds. The number of ether oxygens (including phenoxy) is 2. The van der Waals surface area contributed by atoms with Crippen LogP contribution in [0.25, 0.3) is 0 Å². The van der Waals surface area contributed by atoms with E-state index in [1.807, 2.05) is 27.7 Å². The molecule has 168 valence electrons. The number of aliphatic hydroxyl groups is 1. The second kappa shape index (κ2) is 13.3. The summed E-state index contributed by atoms with van der Waals surface area (Å²) in [5, 5.41) is 11.2. The molecule has 0 spiro atoms. The van der Waals surface area contributed by atoms with Gasteiger partial charge in [0.05, 0.1) is 12.2 Å². The highest BCUT2D eigenvalue weighted by Crippen LogP contribution is 2.33. The minimum absolute atomic E-state index is 0.214. The van der Waals surface area contributed by atoms with E-state index in [9.17, 15) is 13.9 Å². The zero-order valence-corrected chi connectivity index (χ0v) is 18.8. The topological polar surface area (TPSA) is 38.7 Å². The van der Waals surface area contributed by atoms with Gasteiger partial charge in [-0.25, -0.2) is 8.78 Å². The van der Waals surface area contributed by atoms with Crippen molar-refractivity contribution in [2.24, 2.45) is 5.92 Å². The molecule has 0 bridgehead atoms. The Morgan fingerprint density at radius 1 is 0.897 bits per heavy atom. The minimum Gasteiger partial charge on any atom is -0.343 e. The predicted molar refractivity (Wildman–Crippen MR) is 114 cm³/mol. The van der Waals surface area contributed by atoms with Crippen LogP contribution in [0.1, 0.15) is 91.5 Å². The largest absolute Gasteiger partial charge is 0.343 e. The smallest absolute Gasteiger partial charge is 0.283 e. The number of aryl methyl sites for hydroxylation is 1. The molecule has 0 saturated heterocycles. The maximum absolute atomic E-state index is 14.1. The van der Waals surface area contributed by atoms with Crippen LogP contribution in [0.2, 0.25) is 0 Å². The van der Waals surface area contributed by atoms with Crippen LogP contribution in [-0.2, 0) is 15.9 Å². The maximum atomic E-state index is 14.1. The van der Waals surface area contributed by atoms with E-state index in [1.165, 1.54) is 37.8 Å². The van der Waals surface area contributed by atoms with Gasteiger partial charge in [-0.3, -0.25) is 0 Å². The standard InChI is InChI=1S/C24H40F2O3/c1-6-7-8-9-10-11-12-21(24(27,28-18(2)3)29-19(4)5)15-13-20-14-16-22(25)17-23(20)26/h14,16-19,21,27H,6-13,15H2,1-5H3. The van der Waals surface area contributed by atoms with E-state index in [0.717, 1.165) is 25.3 Å². The van der Waals surface area contributed by atoms with E-state index >= 15 is 0 Å². The fourth-order valence-electron chi connectivity index (χ4n) is 3.63. The van der Waals surface area contributed by atoms with Gasteiger partial charge in [-0.15, -0.1) is 0 Å². The molecule has 0 aliphatic rings. The zero-order chi connectivity index (χ0) is 21.9. The van der Waals surface area contributed by atoms with E-state index in [4.69, 9.17) is 9.47 Å². The van der Waals surface area contributed by atoms with Crippen LogP contribution in [0.15, 0.2) is 18.2 Å². The Hall–Kier alpha value is -1.04. The minimum atomic E-state index is -1.72. The van der Waals surface area contributed by atoms with Crippen molar-refractivity contribution < 1.29 is 23.4 Å². The van der Waals surface area contributed by atoms with E-state index in [-0.39, 0.29) is 18.1 Å². The molecule has 0 aromatic heterocycles. The first-order valence-corrected chi connectivity index (χ1v) is 11.2. The van der Waals surface area contributed by atoms with Crippen molar-refractivity contribution in [3.05, 3.63) is 35.4 Å². The first kappa shape index (κ1) is 26.0. The first-order chi connectivity index (χ1) is 13.7. The van der Waals surface area contributed by atoms with Gasteiger partial charge in [0.15, 0.2) is 0 Å². The highest BCUT2D eigenvalue weighted by molar-refractivity contribution is 5.18. The van der Waals surface area contributed by atoms with Crippen LogP contribution < -0.4 is 0 Å². The molecule has 1 atom stereocenters. The number of unbranched alkanes of at least 4 members (excludes halogenated alkanes) is 5. The van der Waals surface area contributed by atoms with Crippen LogP contribution in [0, 0.1) is 17.6 Å². The summed E-state index contributed by atoms with van der Waals surface area (Å²) in [6.45, 7) is 9.62. The molecule has 5 heteroatoms. The van der Waals surface area contributed by atoms with Crippen molar-refractivity contribution in [3.63, 3.8) is 0 Å². The second-order valence-corrected chi connectivity index (χ2v) is 8.49. The van der Waals surface area contributed by atoms with Gasteiger partial charge in [-0.1, -0.05) is 51.5 Å². The molecule has 1 aromatic rings. The molecule has 0 saturated carbocycles. The molecule has 0 radical (unpaired) electrons. The summed E-state index contributed by atoms with van der Waals surface area (Å²) >= 11 is 0. The summed E-state index contributed by atoms with van der Waals surface area (Å²) in [5.41, 5.74) is 0.441. The summed E-state index contributed by atoms with van der Waals surface area (Å²) in [4.78, 5) is 0. The summed E-state index contributed by atoms with van der Waals surface area (Å²) in [5.74, 6) is -3.16. The third kappa shape index (κ3) is 10.0. The molecule has 1 aromatic carbocycles. The third-order valence-corrected chi connectivity index (χ3v) is 5.01. The highest BCUT2D eigenvalue weighted by atomic mass is 19.1. The Bertz CT molecular complexity index is 565. The number of rotatable bonds is 15. The molecule has 1 rings (SSSR count). The van der Waals surface area contributed by atoms with Crippen LogP contribution in [-0.4, -0.2) is 23.3 Å². The summed E-state index contributed by atoms with van der Waals surface area (Å²) in [6, 6.07) is 3.64. The molecule has 0 heterocycles. The Kier molecular flexibility index (Phi) is 11.9. The highest BCUT2D eigenvalue weighted by Gasteiger charge is 2.40. The fraction of sp³-hybridized carbons (Fsp3) is 0.750. The van der Waals surface area contributed by atoms with Crippen molar-refractivity contribution in [1.82, 2.24) is 0 Å². The van der Waals surface area contributed by atoms with Gasteiger partial charge in [0.25, 0.3) is 5.97 Å². The van der Waals surface area contributed by atoms with Gasteiger partial charge < -0.3 is 14.6 Å². The fourth-order valence-corrected chi connectivity index (χ4v) is 3.63. The van der Waals surface area contributed by atoms with Gasteiger partial charge in [0, 0.05) is 12.0 Å². The number of hydrogen-bond donors (Lipinski definition) is 1. The van der Waals surface area contributed by atoms with Crippen molar-refractivity contribution in [2.75, 3.05) is 0 Å². The van der Waals surface area contributed by atoms with E-state index in [1.54, 1.807) is 0 Å². The Labute approximate surface area is 175 Å². The van der Waals surface area contributed by atoms with Gasteiger partial charge in [-0.05, 0) is 58.6 Å². The third-order valence-electron chi connectivity index (χ3n) is 5.01. The van der Waals surface area contributed by atoms with Gasteiger partial charge in [-0.2, -0.15) is 0 Å². The summed E-state index contributed by atoms with van der Waals surface area (Å²) in [6.07, 6.45) is 8.04. The van der Waals surface area contributed by atoms with Crippen molar-refractivity contribution >= 4 is 0 Å². The lowest BCUT2D eigenvalue weighted by Crippen LogP contribution is -2.47. The monoisotopic (exact) mass is 414 g/mol. The van der Waals surface area contributed by atoms with Crippen molar-refractivity contribution in [3.8, 4) is 0 Å². The van der Waals surface area contributed by atoms with Gasteiger partial charge >= 0.3 is 0 Å². The quantitative estimate of drug-likeness (QED) is 0.254.